The Hall–Kier alpha value is -1.92. The molecule has 1 aromatic carbocycles. The maximum atomic E-state index is 12.9. The van der Waals surface area contributed by atoms with Crippen LogP contribution in [-0.2, 0) is 14.3 Å². The van der Waals surface area contributed by atoms with Gasteiger partial charge in [-0.05, 0) is 43.4 Å². The summed E-state index contributed by atoms with van der Waals surface area (Å²) in [4.78, 5) is 29.7. The number of hydrogen-bond donors (Lipinski definition) is 1. The first-order valence-electron chi connectivity index (χ1n) is 10.8. The molecular formula is C23H35N3O3. The van der Waals surface area contributed by atoms with Crippen molar-refractivity contribution in [3.05, 3.63) is 29.3 Å². The topological polar surface area (TPSA) is 61.9 Å². The third kappa shape index (κ3) is 5.37. The van der Waals surface area contributed by atoms with Gasteiger partial charge in [0.05, 0.1) is 19.1 Å². The third-order valence-corrected chi connectivity index (χ3v) is 6.18. The Kier molecular flexibility index (Phi) is 7.30. The molecule has 2 aliphatic rings. The van der Waals surface area contributed by atoms with Gasteiger partial charge in [-0.3, -0.25) is 14.5 Å². The zero-order valence-electron chi connectivity index (χ0n) is 18.2. The van der Waals surface area contributed by atoms with Gasteiger partial charge in [-0.15, -0.1) is 0 Å². The Bertz CT molecular complexity index is 728. The number of morpholine rings is 1. The largest absolute Gasteiger partial charge is 0.379 e. The fraction of sp³-hybridized carbons (Fsp3) is 0.652. The van der Waals surface area contributed by atoms with E-state index in [0.29, 0.717) is 25.0 Å². The van der Waals surface area contributed by atoms with Gasteiger partial charge in [0.25, 0.3) is 0 Å². The number of aryl methyl sites for hydroxylation is 1. The second kappa shape index (κ2) is 9.72. The number of hydrogen-bond acceptors (Lipinski definition) is 4. The summed E-state index contributed by atoms with van der Waals surface area (Å²) in [6, 6.07) is 6.30. The van der Waals surface area contributed by atoms with Gasteiger partial charge in [-0.25, -0.2) is 0 Å². The minimum absolute atomic E-state index is 0.00632. The molecule has 0 spiro atoms. The average Bonchev–Trinajstić information content (AvgIpc) is 3.09. The number of ether oxygens (including phenoxy) is 1. The van der Waals surface area contributed by atoms with Crippen LogP contribution in [0, 0.1) is 25.7 Å². The lowest BCUT2D eigenvalue weighted by Gasteiger charge is -2.35. The van der Waals surface area contributed by atoms with Crippen LogP contribution in [0.5, 0.6) is 0 Å². The Balaban J connectivity index is 1.60. The summed E-state index contributed by atoms with van der Waals surface area (Å²) in [6.07, 6.45) is 1.32. The van der Waals surface area contributed by atoms with Crippen LogP contribution in [0.3, 0.4) is 0 Å². The predicted molar refractivity (Wildman–Crippen MR) is 115 cm³/mol. The average molecular weight is 402 g/mol. The predicted octanol–water partition coefficient (Wildman–Crippen LogP) is 2.52. The monoisotopic (exact) mass is 401 g/mol. The molecule has 2 saturated heterocycles. The highest BCUT2D eigenvalue weighted by molar-refractivity contribution is 6.00. The normalized spacial score (nSPS) is 21.6. The summed E-state index contributed by atoms with van der Waals surface area (Å²) < 4.78 is 5.47. The van der Waals surface area contributed by atoms with E-state index < -0.39 is 0 Å². The molecule has 2 aliphatic heterocycles. The van der Waals surface area contributed by atoms with Gasteiger partial charge >= 0.3 is 0 Å². The van der Waals surface area contributed by atoms with Crippen molar-refractivity contribution in [3.8, 4) is 0 Å². The van der Waals surface area contributed by atoms with Crippen molar-refractivity contribution in [3.63, 3.8) is 0 Å². The molecular weight excluding hydrogens is 366 g/mol. The number of benzene rings is 1. The number of anilines is 1. The lowest BCUT2D eigenvalue weighted by atomic mass is 10.0. The highest BCUT2D eigenvalue weighted by Crippen LogP contribution is 2.29. The van der Waals surface area contributed by atoms with Crippen molar-refractivity contribution in [1.82, 2.24) is 10.2 Å². The van der Waals surface area contributed by atoms with Crippen LogP contribution in [0.15, 0.2) is 18.2 Å². The minimum Gasteiger partial charge on any atom is -0.379 e. The number of nitrogens with one attached hydrogen (secondary N) is 1. The van der Waals surface area contributed by atoms with E-state index >= 15 is 0 Å². The van der Waals surface area contributed by atoms with Crippen LogP contribution in [-0.4, -0.2) is 62.1 Å². The second-order valence-corrected chi connectivity index (χ2v) is 8.80. The molecule has 0 bridgehead atoms. The molecule has 2 heterocycles. The highest BCUT2D eigenvalue weighted by atomic mass is 16.5. The lowest BCUT2D eigenvalue weighted by Crippen LogP contribution is -2.50. The molecule has 160 valence electrons. The number of amides is 2. The molecule has 29 heavy (non-hydrogen) atoms. The van der Waals surface area contributed by atoms with E-state index in [-0.39, 0.29) is 24.2 Å². The Morgan fingerprint density at radius 1 is 1.24 bits per heavy atom. The first-order chi connectivity index (χ1) is 13.9. The summed E-state index contributed by atoms with van der Waals surface area (Å²) in [5.74, 6) is 0.304. The molecule has 0 aromatic heterocycles. The zero-order chi connectivity index (χ0) is 21.0. The van der Waals surface area contributed by atoms with E-state index in [1.807, 2.05) is 32.0 Å². The zero-order valence-corrected chi connectivity index (χ0v) is 18.2. The van der Waals surface area contributed by atoms with E-state index in [0.717, 1.165) is 49.5 Å². The summed E-state index contributed by atoms with van der Waals surface area (Å²) in [5.41, 5.74) is 3.19. The number of rotatable bonds is 7. The number of nitrogens with zero attached hydrogens (tertiary/aromatic N) is 2. The molecule has 3 rings (SSSR count). The smallest absolute Gasteiger partial charge is 0.227 e. The van der Waals surface area contributed by atoms with Gasteiger partial charge in [-0.1, -0.05) is 26.0 Å². The van der Waals surface area contributed by atoms with Crippen LogP contribution < -0.4 is 10.2 Å². The summed E-state index contributed by atoms with van der Waals surface area (Å²) in [5, 5.41) is 3.15. The molecule has 0 unspecified atom stereocenters. The quantitative estimate of drug-likeness (QED) is 0.763. The van der Waals surface area contributed by atoms with Gasteiger partial charge in [0.15, 0.2) is 0 Å². The Morgan fingerprint density at radius 3 is 2.66 bits per heavy atom. The lowest BCUT2D eigenvalue weighted by molar-refractivity contribution is -0.126. The fourth-order valence-corrected chi connectivity index (χ4v) is 4.36. The molecule has 0 aliphatic carbocycles. The van der Waals surface area contributed by atoms with Crippen LogP contribution in [0.2, 0.25) is 0 Å². The SMILES string of the molecule is Cc1cccc(N2C[C@@H](C(=O)NC[C@H](CC(C)C)N3CCOCC3)CC2=O)c1C. The van der Waals surface area contributed by atoms with Gasteiger partial charge in [0.2, 0.25) is 11.8 Å². The third-order valence-electron chi connectivity index (χ3n) is 6.18. The van der Waals surface area contributed by atoms with E-state index in [1.54, 1.807) is 4.90 Å². The van der Waals surface area contributed by atoms with Crippen molar-refractivity contribution in [2.75, 3.05) is 44.3 Å². The van der Waals surface area contributed by atoms with E-state index in [9.17, 15) is 9.59 Å². The highest BCUT2D eigenvalue weighted by Gasteiger charge is 2.36. The second-order valence-electron chi connectivity index (χ2n) is 8.80. The van der Waals surface area contributed by atoms with Crippen LogP contribution >= 0.6 is 0 Å². The molecule has 6 heteroatoms. The van der Waals surface area contributed by atoms with Crippen molar-refractivity contribution >= 4 is 17.5 Å². The summed E-state index contributed by atoms with van der Waals surface area (Å²) in [6.45, 7) is 12.9. The minimum atomic E-state index is -0.285. The Labute approximate surface area is 174 Å². The van der Waals surface area contributed by atoms with Gasteiger partial charge in [-0.2, -0.15) is 0 Å². The Morgan fingerprint density at radius 2 is 1.97 bits per heavy atom. The molecule has 2 atom stereocenters. The maximum Gasteiger partial charge on any atom is 0.227 e. The van der Waals surface area contributed by atoms with Crippen LogP contribution in [0.1, 0.15) is 37.8 Å². The maximum absolute atomic E-state index is 12.9. The van der Waals surface area contributed by atoms with Gasteiger partial charge < -0.3 is 15.0 Å². The first-order valence-corrected chi connectivity index (χ1v) is 10.8. The van der Waals surface area contributed by atoms with Crippen molar-refractivity contribution in [1.29, 1.82) is 0 Å². The van der Waals surface area contributed by atoms with Crippen molar-refractivity contribution in [2.24, 2.45) is 11.8 Å². The molecule has 6 nitrogen and oxygen atoms in total. The van der Waals surface area contributed by atoms with E-state index in [2.05, 4.69) is 24.1 Å². The van der Waals surface area contributed by atoms with Crippen LogP contribution in [0.4, 0.5) is 5.69 Å². The van der Waals surface area contributed by atoms with Crippen LogP contribution in [0.25, 0.3) is 0 Å². The number of carbonyl (C=O) groups is 2. The number of carbonyl (C=O) groups excluding carboxylic acids is 2. The van der Waals surface area contributed by atoms with Crippen molar-refractivity contribution in [2.45, 2.75) is 46.6 Å². The van der Waals surface area contributed by atoms with Crippen molar-refractivity contribution < 1.29 is 14.3 Å². The summed E-state index contributed by atoms with van der Waals surface area (Å²) >= 11 is 0. The molecule has 0 radical (unpaired) electrons. The first kappa shape index (κ1) is 21.8. The molecule has 1 N–H and O–H groups in total. The standard InChI is InChI=1S/C23H35N3O3/c1-16(2)12-20(25-8-10-29-11-9-25)14-24-23(28)19-13-22(27)26(15-19)21-7-5-6-17(3)18(21)4/h5-7,16,19-20H,8-15H2,1-4H3,(H,24,28)/t19-,20-/m0/s1. The van der Waals surface area contributed by atoms with E-state index in [1.165, 1.54) is 0 Å². The molecule has 2 amide bonds. The molecule has 0 saturated carbocycles. The fourth-order valence-electron chi connectivity index (χ4n) is 4.36. The summed E-state index contributed by atoms with van der Waals surface area (Å²) in [7, 11) is 0. The van der Waals surface area contributed by atoms with Gasteiger partial charge in [0, 0.05) is 44.3 Å². The molecule has 2 fully saturated rings. The van der Waals surface area contributed by atoms with Gasteiger partial charge in [0.1, 0.15) is 0 Å². The van der Waals surface area contributed by atoms with E-state index in [4.69, 9.17) is 4.74 Å². The molecule has 1 aromatic rings.